The fraction of sp³-hybridized carbons (Fsp3) is 0.929. The number of nitrogens with zero attached hydrogens (tertiary/aromatic N) is 3. The topological polar surface area (TPSA) is 36.0 Å². The molecule has 0 aromatic heterocycles. The van der Waals surface area contributed by atoms with Gasteiger partial charge in [-0.3, -0.25) is 9.69 Å². The van der Waals surface area contributed by atoms with E-state index in [2.05, 4.69) is 16.8 Å². The molecule has 2 heterocycles. The van der Waals surface area contributed by atoms with Gasteiger partial charge < -0.3 is 14.5 Å². The second kappa shape index (κ2) is 7.22. The second-order valence-electron chi connectivity index (χ2n) is 5.57. The first kappa shape index (κ1) is 14.8. The average molecular weight is 269 g/mol. The third-order valence-electron chi connectivity index (χ3n) is 4.23. The maximum absolute atomic E-state index is 12.0. The first-order valence-corrected chi connectivity index (χ1v) is 7.49. The highest BCUT2D eigenvalue weighted by Crippen LogP contribution is 2.17. The molecule has 2 rings (SSSR count). The molecule has 19 heavy (non-hydrogen) atoms. The van der Waals surface area contributed by atoms with Crippen molar-refractivity contribution in [2.45, 2.75) is 25.8 Å². The van der Waals surface area contributed by atoms with Gasteiger partial charge in [-0.1, -0.05) is 0 Å². The predicted molar refractivity (Wildman–Crippen MR) is 75.2 cm³/mol. The number of hydrogen-bond acceptors (Lipinski definition) is 4. The molecule has 2 saturated heterocycles. The van der Waals surface area contributed by atoms with Crippen molar-refractivity contribution in [1.29, 1.82) is 0 Å². The lowest BCUT2D eigenvalue weighted by Crippen LogP contribution is -2.50. The molecule has 110 valence electrons. The van der Waals surface area contributed by atoms with Crippen LogP contribution in [0.4, 0.5) is 0 Å². The molecule has 5 nitrogen and oxygen atoms in total. The van der Waals surface area contributed by atoms with Gasteiger partial charge in [0.2, 0.25) is 5.91 Å². The van der Waals surface area contributed by atoms with E-state index in [1.54, 1.807) is 0 Å². The maximum Gasteiger partial charge on any atom is 0.224 e. The Kier molecular flexibility index (Phi) is 5.60. The molecule has 0 radical (unpaired) electrons. The maximum atomic E-state index is 12.0. The van der Waals surface area contributed by atoms with E-state index in [0.717, 1.165) is 45.7 Å². The van der Waals surface area contributed by atoms with Gasteiger partial charge >= 0.3 is 0 Å². The molecular formula is C14H27N3O2. The smallest absolute Gasteiger partial charge is 0.224 e. The molecule has 0 aliphatic carbocycles. The van der Waals surface area contributed by atoms with Crippen molar-refractivity contribution >= 4 is 5.91 Å². The van der Waals surface area contributed by atoms with Crippen LogP contribution in [0.15, 0.2) is 0 Å². The molecule has 2 fully saturated rings. The number of likely N-dealkylation sites (N-methyl/N-ethyl adjacent to an activating group) is 1. The van der Waals surface area contributed by atoms with Crippen LogP contribution in [-0.4, -0.2) is 86.2 Å². The van der Waals surface area contributed by atoms with Crippen LogP contribution < -0.4 is 0 Å². The van der Waals surface area contributed by atoms with Crippen molar-refractivity contribution in [3.8, 4) is 0 Å². The standard InChI is InChI=1S/C14H27N3O2/c1-3-19-11-5-14(18)17-6-4-13(12-17)16-9-7-15(2)8-10-16/h13H,3-12H2,1-2H3/t13-/m0/s1. The number of rotatable bonds is 5. The lowest BCUT2D eigenvalue weighted by molar-refractivity contribution is -0.131. The van der Waals surface area contributed by atoms with Crippen molar-refractivity contribution < 1.29 is 9.53 Å². The summed E-state index contributed by atoms with van der Waals surface area (Å²) in [4.78, 5) is 19.0. The van der Waals surface area contributed by atoms with E-state index in [1.807, 2.05) is 11.8 Å². The van der Waals surface area contributed by atoms with Crippen LogP contribution in [0.5, 0.6) is 0 Å². The second-order valence-corrected chi connectivity index (χ2v) is 5.57. The molecule has 0 N–H and O–H groups in total. The Balaban J connectivity index is 1.72. The van der Waals surface area contributed by atoms with Gasteiger partial charge in [-0.25, -0.2) is 0 Å². The minimum Gasteiger partial charge on any atom is -0.381 e. The van der Waals surface area contributed by atoms with Gasteiger partial charge in [0.25, 0.3) is 0 Å². The zero-order valence-electron chi connectivity index (χ0n) is 12.3. The lowest BCUT2D eigenvalue weighted by atomic mass is 10.2. The van der Waals surface area contributed by atoms with E-state index in [4.69, 9.17) is 4.74 Å². The van der Waals surface area contributed by atoms with Crippen molar-refractivity contribution in [3.63, 3.8) is 0 Å². The molecular weight excluding hydrogens is 242 g/mol. The van der Waals surface area contributed by atoms with Crippen LogP contribution in [0, 0.1) is 0 Å². The Morgan fingerprint density at radius 1 is 1.21 bits per heavy atom. The Hall–Kier alpha value is -0.650. The summed E-state index contributed by atoms with van der Waals surface area (Å²) in [5.74, 6) is 0.255. The zero-order chi connectivity index (χ0) is 13.7. The van der Waals surface area contributed by atoms with Crippen LogP contribution in [-0.2, 0) is 9.53 Å². The van der Waals surface area contributed by atoms with E-state index in [1.165, 1.54) is 0 Å². The normalized spacial score (nSPS) is 26.0. The zero-order valence-corrected chi connectivity index (χ0v) is 12.3. The van der Waals surface area contributed by atoms with Crippen LogP contribution in [0.3, 0.4) is 0 Å². The molecule has 1 atom stereocenters. The number of hydrogen-bond donors (Lipinski definition) is 0. The minimum atomic E-state index is 0.255. The third-order valence-corrected chi connectivity index (χ3v) is 4.23. The number of carbonyl (C=O) groups is 1. The molecule has 0 aromatic carbocycles. The van der Waals surface area contributed by atoms with Crippen LogP contribution in [0.1, 0.15) is 19.8 Å². The van der Waals surface area contributed by atoms with Crippen LogP contribution >= 0.6 is 0 Å². The summed E-state index contributed by atoms with van der Waals surface area (Å²) >= 11 is 0. The molecule has 0 saturated carbocycles. The van der Waals surface area contributed by atoms with E-state index >= 15 is 0 Å². The van der Waals surface area contributed by atoms with Gasteiger partial charge in [-0.2, -0.15) is 0 Å². The number of ether oxygens (including phenoxy) is 1. The molecule has 0 unspecified atom stereocenters. The molecule has 5 heteroatoms. The Bertz CT molecular complexity index is 290. The Morgan fingerprint density at radius 3 is 2.63 bits per heavy atom. The number of amides is 1. The first-order valence-electron chi connectivity index (χ1n) is 7.49. The van der Waals surface area contributed by atoms with Gasteiger partial charge in [0.05, 0.1) is 13.0 Å². The first-order chi connectivity index (χ1) is 9.20. The molecule has 0 spiro atoms. The summed E-state index contributed by atoms with van der Waals surface area (Å²) in [7, 11) is 2.18. The third kappa shape index (κ3) is 4.16. The van der Waals surface area contributed by atoms with Gasteiger partial charge in [0.15, 0.2) is 0 Å². The van der Waals surface area contributed by atoms with Crippen LogP contribution in [0.2, 0.25) is 0 Å². The van der Waals surface area contributed by atoms with Gasteiger partial charge in [-0.05, 0) is 20.4 Å². The summed E-state index contributed by atoms with van der Waals surface area (Å²) in [6, 6.07) is 0.574. The highest BCUT2D eigenvalue weighted by atomic mass is 16.5. The van der Waals surface area contributed by atoms with E-state index < -0.39 is 0 Å². The summed E-state index contributed by atoms with van der Waals surface area (Å²) in [6.07, 6.45) is 1.66. The van der Waals surface area contributed by atoms with Crippen molar-refractivity contribution in [1.82, 2.24) is 14.7 Å². The minimum absolute atomic E-state index is 0.255. The highest BCUT2D eigenvalue weighted by molar-refractivity contribution is 5.76. The molecule has 2 aliphatic rings. The van der Waals surface area contributed by atoms with Crippen molar-refractivity contribution in [2.75, 3.05) is 59.5 Å². The number of carbonyl (C=O) groups excluding carboxylic acids is 1. The summed E-state index contributed by atoms with van der Waals surface area (Å²) in [5.41, 5.74) is 0. The van der Waals surface area contributed by atoms with Crippen molar-refractivity contribution in [3.05, 3.63) is 0 Å². The average Bonchev–Trinajstić information content (AvgIpc) is 2.89. The van der Waals surface area contributed by atoms with Crippen LogP contribution in [0.25, 0.3) is 0 Å². The van der Waals surface area contributed by atoms with Gasteiger partial charge in [0.1, 0.15) is 0 Å². The quantitative estimate of drug-likeness (QED) is 0.671. The summed E-state index contributed by atoms with van der Waals surface area (Å²) < 4.78 is 5.26. The van der Waals surface area contributed by atoms with E-state index in [9.17, 15) is 4.79 Å². The van der Waals surface area contributed by atoms with E-state index in [-0.39, 0.29) is 5.91 Å². The molecule has 1 amide bonds. The monoisotopic (exact) mass is 269 g/mol. The predicted octanol–water partition coefficient (Wildman–Crippen LogP) is 0.261. The molecule has 0 aromatic rings. The van der Waals surface area contributed by atoms with Crippen molar-refractivity contribution in [2.24, 2.45) is 0 Å². The highest BCUT2D eigenvalue weighted by Gasteiger charge is 2.31. The largest absolute Gasteiger partial charge is 0.381 e. The van der Waals surface area contributed by atoms with E-state index in [0.29, 0.717) is 25.7 Å². The SMILES string of the molecule is CCOCCC(=O)N1CC[C@H](N2CCN(C)CC2)C1. The number of likely N-dealkylation sites (tertiary alicyclic amines) is 1. The van der Waals surface area contributed by atoms with Gasteiger partial charge in [0, 0.05) is 51.9 Å². The number of piperazine rings is 1. The summed E-state index contributed by atoms with van der Waals surface area (Å²) in [6.45, 7) is 9.62. The Morgan fingerprint density at radius 2 is 1.95 bits per heavy atom. The Labute approximate surface area is 116 Å². The molecule has 0 bridgehead atoms. The summed E-state index contributed by atoms with van der Waals surface area (Å²) in [5, 5.41) is 0. The lowest BCUT2D eigenvalue weighted by Gasteiger charge is -2.36. The fourth-order valence-corrected chi connectivity index (χ4v) is 2.92. The molecule has 2 aliphatic heterocycles. The fourth-order valence-electron chi connectivity index (χ4n) is 2.92. The van der Waals surface area contributed by atoms with Gasteiger partial charge in [-0.15, -0.1) is 0 Å².